The zero-order valence-electron chi connectivity index (χ0n) is 26.5. The van der Waals surface area contributed by atoms with E-state index < -0.39 is 18.0 Å². The van der Waals surface area contributed by atoms with Gasteiger partial charge in [0.1, 0.15) is 12.1 Å². The van der Waals surface area contributed by atoms with Crippen molar-refractivity contribution in [2.75, 3.05) is 26.6 Å². The summed E-state index contributed by atoms with van der Waals surface area (Å²) in [6.07, 6.45) is 0.940. The maximum absolute atomic E-state index is 13.8. The predicted octanol–water partition coefficient (Wildman–Crippen LogP) is 3.01. The van der Waals surface area contributed by atoms with Gasteiger partial charge in [-0.05, 0) is 65.5 Å². The number of carbonyl (C=O) groups is 2. The van der Waals surface area contributed by atoms with Gasteiger partial charge in [-0.1, -0.05) is 53.7 Å². The average molecular weight is 588 g/mol. The topological polar surface area (TPSA) is 161 Å². The Balaban J connectivity index is 0.00000840. The van der Waals surface area contributed by atoms with Crippen LogP contribution in [0.4, 0.5) is 5.69 Å². The van der Waals surface area contributed by atoms with E-state index in [4.69, 9.17) is 22.1 Å². The van der Waals surface area contributed by atoms with Gasteiger partial charge in [-0.2, -0.15) is 0 Å². The Kier molecular flexibility index (Phi) is 16.7. The highest BCUT2D eigenvalue weighted by Crippen LogP contribution is 2.38. The molecule has 10 nitrogen and oxygen atoms in total. The molecule has 7 N–H and O–H groups in total. The summed E-state index contributed by atoms with van der Waals surface area (Å²) in [5.41, 5.74) is 2.76. The van der Waals surface area contributed by atoms with Crippen LogP contribution in [0.3, 0.4) is 0 Å². The van der Waals surface area contributed by atoms with Crippen LogP contribution in [-0.2, 0) is 16.0 Å². The first-order chi connectivity index (χ1) is 18.9. The molecular weight excluding hydrogens is 537 g/mol. The normalized spacial score (nSPS) is 12.9. The third-order valence-corrected chi connectivity index (χ3v) is 6.67. The number of rotatable bonds is 15. The lowest BCUT2D eigenvalue weighted by Crippen LogP contribution is -2.55. The number of ether oxygens (including phenoxy) is 3. The molecule has 42 heavy (non-hydrogen) atoms. The molecule has 0 unspecified atom stereocenters. The molecule has 0 spiro atoms. The standard InChI is InChI=1S/C31H46BN3O5.2H2O/c1-18(2)13-27(32)34-31(37)28(20(5)6)35-30(36)24(33-23-12-10-11-22(17-23)19(3)4)14-21-15-25(38-7)29(40-9)26(16-21)39-8;;/h10-12,15-20,24,27-28,33H,13-14H2,1-9H3,(H,34,37)(H,35,36);2*1H2/t24-,27-,28-;;/m0../s1. The van der Waals surface area contributed by atoms with Crippen LogP contribution in [0.2, 0.25) is 0 Å². The van der Waals surface area contributed by atoms with Crippen molar-refractivity contribution in [2.45, 2.75) is 78.3 Å². The summed E-state index contributed by atoms with van der Waals surface area (Å²) in [5, 5.41) is 9.23. The number of hydrogen-bond donors (Lipinski definition) is 3. The molecule has 3 atom stereocenters. The Morgan fingerprint density at radius 1 is 0.833 bits per heavy atom. The first-order valence-corrected chi connectivity index (χ1v) is 13.9. The summed E-state index contributed by atoms with van der Waals surface area (Å²) in [5.74, 6) is 0.873. The van der Waals surface area contributed by atoms with Crippen molar-refractivity contribution in [1.29, 1.82) is 0 Å². The van der Waals surface area contributed by atoms with E-state index in [1.54, 1.807) is 21.3 Å². The van der Waals surface area contributed by atoms with Gasteiger partial charge in [-0.15, -0.1) is 0 Å². The van der Waals surface area contributed by atoms with Crippen LogP contribution in [0, 0.1) is 11.8 Å². The van der Waals surface area contributed by atoms with Crippen LogP contribution in [0.15, 0.2) is 36.4 Å². The first-order valence-electron chi connectivity index (χ1n) is 13.9. The Labute approximate surface area is 252 Å². The average Bonchev–Trinajstić information content (AvgIpc) is 2.89. The fourth-order valence-corrected chi connectivity index (χ4v) is 4.52. The lowest BCUT2D eigenvalue weighted by atomic mass is 9.87. The zero-order valence-corrected chi connectivity index (χ0v) is 26.5. The molecule has 11 heteroatoms. The molecule has 2 aromatic rings. The Morgan fingerprint density at radius 2 is 1.43 bits per heavy atom. The largest absolute Gasteiger partial charge is 0.493 e. The van der Waals surface area contributed by atoms with Crippen LogP contribution in [-0.4, -0.2) is 70.0 Å². The third-order valence-electron chi connectivity index (χ3n) is 6.67. The van der Waals surface area contributed by atoms with Crippen LogP contribution in [0.1, 0.15) is 65.0 Å². The highest BCUT2D eigenvalue weighted by atomic mass is 16.5. The van der Waals surface area contributed by atoms with Crippen molar-refractivity contribution < 1.29 is 34.8 Å². The minimum absolute atomic E-state index is 0. The van der Waals surface area contributed by atoms with E-state index in [1.165, 1.54) is 0 Å². The maximum atomic E-state index is 13.8. The summed E-state index contributed by atoms with van der Waals surface area (Å²) in [7, 11) is 10.8. The molecule has 0 aliphatic heterocycles. The number of nitrogens with one attached hydrogen (secondary N) is 3. The van der Waals surface area contributed by atoms with Gasteiger partial charge in [0, 0.05) is 12.1 Å². The highest BCUT2D eigenvalue weighted by molar-refractivity contribution is 6.13. The van der Waals surface area contributed by atoms with Gasteiger partial charge in [-0.25, -0.2) is 0 Å². The van der Waals surface area contributed by atoms with Gasteiger partial charge >= 0.3 is 0 Å². The van der Waals surface area contributed by atoms with Crippen LogP contribution < -0.4 is 30.2 Å². The van der Waals surface area contributed by atoms with Gasteiger partial charge in [0.05, 0.1) is 29.2 Å². The molecule has 0 saturated heterocycles. The molecule has 0 saturated carbocycles. The lowest BCUT2D eigenvalue weighted by Gasteiger charge is -2.28. The molecule has 2 rings (SSSR count). The van der Waals surface area contributed by atoms with E-state index in [2.05, 4.69) is 35.9 Å². The molecule has 0 aliphatic carbocycles. The van der Waals surface area contributed by atoms with E-state index in [0.29, 0.717) is 41.9 Å². The molecule has 0 bridgehead atoms. The number of methoxy groups -OCH3 is 3. The number of carbonyl (C=O) groups excluding carboxylic acids is 2. The van der Waals surface area contributed by atoms with Crippen LogP contribution >= 0.6 is 0 Å². The summed E-state index contributed by atoms with van der Waals surface area (Å²) in [6, 6.07) is 10.2. The van der Waals surface area contributed by atoms with Crippen LogP contribution in [0.5, 0.6) is 17.2 Å². The maximum Gasteiger partial charge on any atom is 0.243 e. The minimum Gasteiger partial charge on any atom is -0.493 e. The second kappa shape index (κ2) is 18.2. The number of amides is 2. The van der Waals surface area contributed by atoms with Gasteiger partial charge in [-0.3, -0.25) is 9.59 Å². The summed E-state index contributed by atoms with van der Waals surface area (Å²) in [4.78, 5) is 26.9. The van der Waals surface area contributed by atoms with E-state index >= 15 is 0 Å². The Hall–Kier alpha value is -3.44. The molecule has 0 fully saturated rings. The number of anilines is 1. The third kappa shape index (κ3) is 11.1. The molecule has 0 aliphatic rings. The van der Waals surface area contributed by atoms with E-state index in [1.807, 2.05) is 58.0 Å². The number of hydrogen-bond acceptors (Lipinski definition) is 6. The molecular formula is C31H50BN3O7. The fourth-order valence-electron chi connectivity index (χ4n) is 4.52. The van der Waals surface area contributed by atoms with Crippen molar-refractivity contribution in [3.8, 4) is 17.2 Å². The van der Waals surface area contributed by atoms with Gasteiger partial charge < -0.3 is 41.1 Å². The van der Waals surface area contributed by atoms with Crippen molar-refractivity contribution in [3.05, 3.63) is 47.5 Å². The van der Waals surface area contributed by atoms with Crippen molar-refractivity contribution in [2.24, 2.45) is 11.8 Å². The molecule has 2 radical (unpaired) electrons. The SMILES string of the molecule is O.O.[B][C@H](CC(C)C)NC(=O)[C@@H](NC(=O)[C@H](Cc1cc(OC)c(OC)c(OC)c1)Nc1cccc(C(C)C)c1)C(C)C. The molecule has 2 aromatic carbocycles. The minimum atomic E-state index is -0.753. The van der Waals surface area contributed by atoms with Gasteiger partial charge in [0.15, 0.2) is 11.5 Å². The van der Waals surface area contributed by atoms with Gasteiger partial charge in [0.2, 0.25) is 17.6 Å². The molecule has 2 amide bonds. The Morgan fingerprint density at radius 3 is 1.90 bits per heavy atom. The number of benzene rings is 2. The van der Waals surface area contributed by atoms with Crippen molar-refractivity contribution in [3.63, 3.8) is 0 Å². The molecule has 0 heterocycles. The summed E-state index contributed by atoms with van der Waals surface area (Å²) < 4.78 is 16.5. The smallest absolute Gasteiger partial charge is 0.243 e. The summed E-state index contributed by atoms with van der Waals surface area (Å²) in [6.45, 7) is 12.1. The predicted molar refractivity (Wildman–Crippen MR) is 169 cm³/mol. The molecule has 234 valence electrons. The molecule has 0 aromatic heterocycles. The van der Waals surface area contributed by atoms with E-state index in [9.17, 15) is 9.59 Å². The van der Waals surface area contributed by atoms with Gasteiger partial charge in [0.25, 0.3) is 0 Å². The lowest BCUT2D eigenvalue weighted by molar-refractivity contribution is -0.130. The van der Waals surface area contributed by atoms with E-state index in [0.717, 1.165) is 16.8 Å². The first kappa shape index (κ1) is 38.6. The van der Waals surface area contributed by atoms with Crippen molar-refractivity contribution in [1.82, 2.24) is 10.6 Å². The zero-order chi connectivity index (χ0) is 30.0. The highest BCUT2D eigenvalue weighted by Gasteiger charge is 2.29. The van der Waals surface area contributed by atoms with Crippen LogP contribution in [0.25, 0.3) is 0 Å². The monoisotopic (exact) mass is 587 g/mol. The quantitative estimate of drug-likeness (QED) is 0.272. The second-order valence-electron chi connectivity index (χ2n) is 11.2. The fraction of sp³-hybridized carbons (Fsp3) is 0.548. The second-order valence-corrected chi connectivity index (χ2v) is 11.2. The van der Waals surface area contributed by atoms with Crippen molar-refractivity contribution >= 4 is 25.3 Å². The Bertz CT molecular complexity index is 1100. The summed E-state index contributed by atoms with van der Waals surface area (Å²) >= 11 is 0. The van der Waals surface area contributed by atoms with E-state index in [-0.39, 0.29) is 28.7 Å².